The van der Waals surface area contributed by atoms with Crippen molar-refractivity contribution in [1.29, 1.82) is 0 Å². The summed E-state index contributed by atoms with van der Waals surface area (Å²) in [5.41, 5.74) is 4.23. The van der Waals surface area contributed by atoms with E-state index in [0.29, 0.717) is 12.0 Å². The maximum Gasteiger partial charge on any atom is 0.397 e. The molecule has 2 aromatic carbocycles. The van der Waals surface area contributed by atoms with E-state index in [2.05, 4.69) is 74.8 Å². The first-order valence-corrected chi connectivity index (χ1v) is 20.3. The smallest absolute Gasteiger partial charge is 0.397 e. The maximum absolute atomic E-state index is 14.5. The lowest BCUT2D eigenvalue weighted by Crippen LogP contribution is -2.25. The Morgan fingerprint density at radius 3 is 2.05 bits per heavy atom. The molecule has 0 aliphatic carbocycles. The number of hydrogen-bond acceptors (Lipinski definition) is 24. The first-order chi connectivity index (χ1) is 28.9. The van der Waals surface area contributed by atoms with E-state index in [-0.39, 0.29) is 74.0 Å². The van der Waals surface area contributed by atoms with E-state index in [4.69, 9.17) is 15.5 Å². The fraction of sp³-hybridized carbons (Fsp3) is 0.172. The van der Waals surface area contributed by atoms with Crippen molar-refractivity contribution < 1.29 is 58.9 Å². The van der Waals surface area contributed by atoms with Crippen molar-refractivity contribution in [2.24, 2.45) is 16.0 Å². The van der Waals surface area contributed by atoms with E-state index in [1.165, 1.54) is 44.2 Å². The van der Waals surface area contributed by atoms with Crippen LogP contribution in [0.2, 0.25) is 0 Å². The Labute approximate surface area is 346 Å². The molecule has 9 N–H and O–H groups in total. The average molecular weight is 910 g/mol. The second kappa shape index (κ2) is 19.7. The minimum atomic E-state index is -4.83. The number of primary amides is 1. The van der Waals surface area contributed by atoms with Crippen LogP contribution < -0.4 is 32.4 Å². The molecule has 0 saturated heterocycles. The average Bonchev–Trinajstić information content (AvgIpc) is 3.16. The van der Waals surface area contributed by atoms with Gasteiger partial charge in [0.05, 0.1) is 34.2 Å². The molecule has 0 bridgehead atoms. The van der Waals surface area contributed by atoms with Crippen molar-refractivity contribution in [3.05, 3.63) is 76.1 Å². The van der Waals surface area contributed by atoms with E-state index < -0.39 is 62.1 Å². The summed E-state index contributed by atoms with van der Waals surface area (Å²) in [6.07, 6.45) is -2.49. The molecule has 32 heteroatoms. The second-order valence-corrected chi connectivity index (χ2v) is 15.4. The Morgan fingerprint density at radius 1 is 0.918 bits per heavy atom. The van der Waals surface area contributed by atoms with Gasteiger partial charge in [-0.1, -0.05) is 5.04 Å². The summed E-state index contributed by atoms with van der Waals surface area (Å²) >= 11 is 0.483. The number of hydrogen-bond donors (Lipinski definition) is 8. The Hall–Kier alpha value is -6.55. The van der Waals surface area contributed by atoms with Gasteiger partial charge in [-0.2, -0.15) is 47.1 Å². The van der Waals surface area contributed by atoms with Crippen molar-refractivity contribution >= 4 is 92.3 Å². The Kier molecular flexibility index (Phi) is 14.7. The summed E-state index contributed by atoms with van der Waals surface area (Å²) in [4.78, 5) is 47.2. The lowest BCUT2D eigenvalue weighted by Gasteiger charge is -2.13. The van der Waals surface area contributed by atoms with Crippen LogP contribution in [-0.4, -0.2) is 92.0 Å². The lowest BCUT2D eigenvalue weighted by molar-refractivity contribution is -0.432. The number of carbonyl (C=O) groups excluding carboxylic acids is 1. The third-order valence-corrected chi connectivity index (χ3v) is 10.3. The van der Waals surface area contributed by atoms with E-state index >= 15 is 0 Å². The summed E-state index contributed by atoms with van der Waals surface area (Å²) in [5.74, 6) is -3.85. The van der Waals surface area contributed by atoms with Crippen LogP contribution in [0.3, 0.4) is 0 Å². The number of sulfone groups is 1. The predicted octanol–water partition coefficient (Wildman–Crippen LogP) is 2.61. The molecule has 0 aliphatic heterocycles. The molecule has 1 radical (unpaired) electrons. The first kappa shape index (κ1) is 45.5. The summed E-state index contributed by atoms with van der Waals surface area (Å²) in [6.45, 7) is 2.01. The van der Waals surface area contributed by atoms with Gasteiger partial charge in [0, 0.05) is 23.5 Å². The van der Waals surface area contributed by atoms with E-state index in [1.54, 1.807) is 0 Å². The first-order valence-electron chi connectivity index (χ1n) is 16.5. The molecule has 0 saturated carbocycles. The molecular weight excluding hydrogens is 881 g/mol. The zero-order valence-electron chi connectivity index (χ0n) is 30.8. The highest BCUT2D eigenvalue weighted by Gasteiger charge is 2.23. The van der Waals surface area contributed by atoms with E-state index in [9.17, 15) is 40.3 Å². The van der Waals surface area contributed by atoms with Gasteiger partial charge in [0.2, 0.25) is 29.7 Å². The Bertz CT molecular complexity index is 2760. The number of rotatable bonds is 20. The van der Waals surface area contributed by atoms with Crippen molar-refractivity contribution in [2.45, 2.75) is 30.2 Å². The monoisotopic (exact) mass is 909 g/mol. The summed E-state index contributed by atoms with van der Waals surface area (Å²) < 4.78 is 93.0. The molecule has 1 amide bonds. The minimum absolute atomic E-state index is 0.0292. The number of carbonyl (C=O) groups is 1. The van der Waals surface area contributed by atoms with Crippen LogP contribution in [0.1, 0.15) is 22.8 Å². The van der Waals surface area contributed by atoms with Crippen molar-refractivity contribution in [3.63, 3.8) is 0 Å². The fourth-order valence-electron chi connectivity index (χ4n) is 4.89. The molecule has 5 aromatic rings. The molecule has 0 spiro atoms. The largest absolute Gasteiger partial charge is 0.494 e. The van der Waals surface area contributed by atoms with Gasteiger partial charge < -0.3 is 31.9 Å². The zero-order valence-corrected chi connectivity index (χ0v) is 33.3. The van der Waals surface area contributed by atoms with Gasteiger partial charge in [-0.3, -0.25) is 18.7 Å². The molecule has 0 atom stereocenters. The van der Waals surface area contributed by atoms with Gasteiger partial charge >= 0.3 is 30.1 Å². The highest BCUT2D eigenvalue weighted by Crippen LogP contribution is 2.35. The second-order valence-electron chi connectivity index (χ2n) is 11.5. The van der Waals surface area contributed by atoms with Crippen molar-refractivity contribution in [3.8, 4) is 5.88 Å². The number of aromatic hydroxyl groups is 1. The number of anilines is 6. The SMILES string of the molecule is CCn1c(O)c(C(N)=O)c(C)c(N=Nc2cc(Nc3nc(F)nc(N[B]Nc4nc(F)nc(Nc5ccc(S(=O)(=O)CCOS(=O)(=O)O)cc5)n4)n3)ccc2SOOO)c1=O. The van der Waals surface area contributed by atoms with Crippen LogP contribution in [0.15, 0.2) is 67.3 Å². The Balaban J connectivity index is 1.27. The van der Waals surface area contributed by atoms with Crippen LogP contribution >= 0.6 is 12.0 Å². The third kappa shape index (κ3) is 12.3. The molecule has 321 valence electrons. The highest BCUT2D eigenvalue weighted by molar-refractivity contribution is 7.94. The predicted molar refractivity (Wildman–Crippen MR) is 208 cm³/mol. The van der Waals surface area contributed by atoms with Gasteiger partial charge in [0.25, 0.3) is 11.5 Å². The van der Waals surface area contributed by atoms with Crippen LogP contribution in [0.4, 0.5) is 55.3 Å². The molecule has 3 aromatic heterocycles. The lowest BCUT2D eigenvalue weighted by atomic mass is 10.1. The number of nitrogens with one attached hydrogen (secondary N) is 4. The number of nitrogens with two attached hydrogens (primary N) is 1. The van der Waals surface area contributed by atoms with Gasteiger partial charge in [-0.05, 0) is 56.3 Å². The minimum Gasteiger partial charge on any atom is -0.494 e. The molecular formula is C29H28BF2N14O12S3. The topological polar surface area (TPSA) is 372 Å². The van der Waals surface area contributed by atoms with E-state index in [0.717, 1.165) is 24.2 Å². The molecule has 0 aliphatic rings. The summed E-state index contributed by atoms with van der Waals surface area (Å²) in [7, 11) is -7.82. The summed E-state index contributed by atoms with van der Waals surface area (Å²) in [6, 6.07) is 9.02. The Morgan fingerprint density at radius 2 is 1.49 bits per heavy atom. The van der Waals surface area contributed by atoms with Crippen molar-refractivity contribution in [2.75, 3.05) is 33.4 Å². The number of azo groups is 1. The number of pyridine rings is 1. The number of aromatic nitrogens is 7. The van der Waals surface area contributed by atoms with Crippen molar-refractivity contribution in [1.82, 2.24) is 34.5 Å². The number of amides is 1. The normalized spacial score (nSPS) is 11.7. The van der Waals surface area contributed by atoms with Crippen LogP contribution in [0, 0.1) is 19.1 Å². The standard InChI is InChI=1S/C29H28BF2N14O12S3/c1-3-46-22(48)19(21(33)47)13(2)20(23(46)49)45-44-17-12-15(6-9-18(17)59-58-57-50)35-27-37-25(32)39-29(41-27)43-30-42-28-38-24(31)36-26(40-28)34-14-4-7-16(8-5-14)60(51,52)11-10-56-61(53,54)55/h4-9,12,48,50H,3,10-11H2,1-2H3,(H2,33,47)(H,53,54,55)(H2,34,36,38,40,42)(H2,35,37,39,41,43). The molecule has 61 heavy (non-hydrogen) atoms. The number of benzene rings is 2. The fourth-order valence-corrected chi connectivity index (χ4v) is 6.79. The molecule has 0 fully saturated rings. The van der Waals surface area contributed by atoms with E-state index in [1.807, 2.05) is 0 Å². The highest BCUT2D eigenvalue weighted by atomic mass is 32.3. The molecule has 5 rings (SSSR count). The number of halogens is 2. The quantitative estimate of drug-likeness (QED) is 0.0139. The van der Waals surface area contributed by atoms with Crippen LogP contribution in [0.25, 0.3) is 0 Å². The zero-order chi connectivity index (χ0) is 44.5. The number of nitrogens with zero attached hydrogens (tertiary/aromatic N) is 9. The van der Waals surface area contributed by atoms with Crippen LogP contribution in [-0.2, 0) is 40.3 Å². The maximum atomic E-state index is 14.5. The van der Waals surface area contributed by atoms with Gasteiger partial charge in [-0.15, -0.1) is 14.6 Å². The van der Waals surface area contributed by atoms with Gasteiger partial charge in [0.15, 0.2) is 15.5 Å². The molecule has 3 heterocycles. The van der Waals surface area contributed by atoms with Gasteiger partial charge in [0.1, 0.15) is 11.3 Å². The summed E-state index contributed by atoms with van der Waals surface area (Å²) in [5, 5.41) is 41.2. The molecule has 26 nitrogen and oxygen atoms in total. The molecule has 0 unspecified atom stereocenters. The van der Waals surface area contributed by atoms with Crippen LogP contribution in [0.5, 0.6) is 5.88 Å². The van der Waals surface area contributed by atoms with Gasteiger partial charge in [-0.25, -0.2) is 17.9 Å². The third-order valence-electron chi connectivity index (χ3n) is 7.52.